The van der Waals surface area contributed by atoms with Crippen molar-refractivity contribution in [2.45, 2.75) is 51.2 Å². The minimum atomic E-state index is -1.21. The van der Waals surface area contributed by atoms with Crippen LogP contribution in [0.4, 0.5) is 0 Å². The Hall–Kier alpha value is -0.870. The lowest BCUT2D eigenvalue weighted by Gasteiger charge is -2.19. The lowest BCUT2D eigenvalue weighted by Crippen LogP contribution is -2.27. The summed E-state index contributed by atoms with van der Waals surface area (Å²) < 4.78 is 16.3. The van der Waals surface area contributed by atoms with Gasteiger partial charge in [0.1, 0.15) is 21.8 Å². The molecule has 1 fully saturated rings. The number of hydrogen-bond acceptors (Lipinski definition) is 3. The van der Waals surface area contributed by atoms with Gasteiger partial charge in [-0.15, -0.1) is 0 Å². The van der Waals surface area contributed by atoms with Crippen LogP contribution >= 0.6 is 0 Å². The van der Waals surface area contributed by atoms with Crippen molar-refractivity contribution in [3.8, 4) is 0 Å². The molecular weight excluding hydrogens is 256 g/mol. The molecule has 0 amide bonds. The maximum Gasteiger partial charge on any atom is 0.144 e. The molecule has 0 N–H and O–H groups in total. The molecule has 0 saturated heterocycles. The third kappa shape index (κ3) is 4.62. The van der Waals surface area contributed by atoms with Crippen LogP contribution in [0.5, 0.6) is 0 Å². The van der Waals surface area contributed by atoms with Crippen LogP contribution in [0.1, 0.15) is 52.1 Å². The molecule has 0 aromatic carbocycles. The molecule has 1 aromatic rings. The second-order valence-corrected chi connectivity index (χ2v) is 8.00. The van der Waals surface area contributed by atoms with Crippen LogP contribution in [0.15, 0.2) is 28.8 Å². The van der Waals surface area contributed by atoms with E-state index in [0.717, 1.165) is 30.2 Å². The first-order valence-electron chi connectivity index (χ1n) is 6.88. The lowest BCUT2D eigenvalue weighted by molar-refractivity contribution is 0.561. The van der Waals surface area contributed by atoms with Gasteiger partial charge in [-0.25, -0.2) is 0 Å². The van der Waals surface area contributed by atoms with E-state index in [4.69, 9.17) is 0 Å². The molecule has 2 rings (SSSR count). The Morgan fingerprint density at radius 1 is 1.42 bits per heavy atom. The first-order valence-corrected chi connectivity index (χ1v) is 7.98. The van der Waals surface area contributed by atoms with Gasteiger partial charge in [-0.1, -0.05) is 23.3 Å². The Kier molecular flexibility index (Phi) is 4.63. The molecule has 4 heteroatoms. The fourth-order valence-corrected chi connectivity index (χ4v) is 2.40. The summed E-state index contributed by atoms with van der Waals surface area (Å²) in [6.45, 7) is 5.84. The van der Waals surface area contributed by atoms with Gasteiger partial charge in [0.25, 0.3) is 0 Å². The molecule has 1 aliphatic rings. The van der Waals surface area contributed by atoms with Crippen LogP contribution in [-0.4, -0.2) is 20.0 Å². The highest BCUT2D eigenvalue weighted by Gasteiger charge is 2.28. The van der Waals surface area contributed by atoms with E-state index in [9.17, 15) is 4.55 Å². The summed E-state index contributed by atoms with van der Waals surface area (Å²) in [5, 5.41) is 0. The van der Waals surface area contributed by atoms with E-state index in [1.54, 1.807) is 6.20 Å². The average molecular weight is 278 g/mol. The molecule has 1 aromatic heterocycles. The van der Waals surface area contributed by atoms with Gasteiger partial charge >= 0.3 is 0 Å². The Bertz CT molecular complexity index is 435. The Morgan fingerprint density at radius 3 is 2.68 bits per heavy atom. The molecule has 1 heterocycles. The molecule has 0 bridgehead atoms. The van der Waals surface area contributed by atoms with Crippen molar-refractivity contribution < 1.29 is 4.55 Å². The molecule has 0 radical (unpaired) electrons. The van der Waals surface area contributed by atoms with Gasteiger partial charge in [-0.2, -0.15) is 0 Å². The van der Waals surface area contributed by atoms with Crippen molar-refractivity contribution in [1.29, 1.82) is 0 Å². The Morgan fingerprint density at radius 2 is 2.16 bits per heavy atom. The van der Waals surface area contributed by atoms with Gasteiger partial charge in [-0.05, 0) is 51.7 Å². The summed E-state index contributed by atoms with van der Waals surface area (Å²) >= 11 is -1.21. The summed E-state index contributed by atoms with van der Waals surface area (Å²) in [5.74, 6) is 0.844. The summed E-state index contributed by atoms with van der Waals surface area (Å²) in [6.07, 6.45) is 6.44. The minimum Gasteiger partial charge on any atom is -0.591 e. The van der Waals surface area contributed by atoms with Crippen LogP contribution in [-0.2, 0) is 11.4 Å². The Balaban J connectivity index is 2.15. The highest BCUT2D eigenvalue weighted by atomic mass is 32.2. The predicted molar refractivity (Wildman–Crippen MR) is 80.6 cm³/mol. The van der Waals surface area contributed by atoms with E-state index in [2.05, 4.69) is 9.38 Å². The van der Waals surface area contributed by atoms with E-state index in [1.165, 1.54) is 12.8 Å². The van der Waals surface area contributed by atoms with E-state index in [1.807, 2.05) is 39.0 Å². The predicted octanol–water partition coefficient (Wildman–Crippen LogP) is 3.52. The zero-order valence-electron chi connectivity index (χ0n) is 11.9. The molecule has 3 nitrogen and oxygen atoms in total. The molecule has 1 saturated carbocycles. The number of hydrogen-bond donors (Lipinski definition) is 0. The quantitative estimate of drug-likeness (QED) is 0.611. The number of aromatic nitrogens is 1. The fraction of sp³-hybridized carbons (Fsp3) is 0.600. The molecule has 0 aliphatic heterocycles. The van der Waals surface area contributed by atoms with Gasteiger partial charge < -0.3 is 4.55 Å². The van der Waals surface area contributed by atoms with Crippen LogP contribution in [0, 0.1) is 5.92 Å². The van der Waals surface area contributed by atoms with E-state index < -0.39 is 11.4 Å². The van der Waals surface area contributed by atoms with Crippen LogP contribution < -0.4 is 0 Å². The normalized spacial score (nSPS) is 18.4. The van der Waals surface area contributed by atoms with Gasteiger partial charge in [0.2, 0.25) is 0 Å². The first kappa shape index (κ1) is 14.5. The molecule has 1 atom stereocenters. The van der Waals surface area contributed by atoms with Crippen LogP contribution in [0.2, 0.25) is 0 Å². The van der Waals surface area contributed by atoms with Crippen LogP contribution in [0.25, 0.3) is 0 Å². The third-order valence-electron chi connectivity index (χ3n) is 3.16. The molecular formula is C15H22N2OS. The lowest BCUT2D eigenvalue weighted by atomic mass is 10.1. The van der Waals surface area contributed by atoms with Gasteiger partial charge in [-0.3, -0.25) is 4.98 Å². The monoisotopic (exact) mass is 278 g/mol. The molecule has 0 spiro atoms. The summed E-state index contributed by atoms with van der Waals surface area (Å²) in [4.78, 5) is 4.35. The number of rotatable bonds is 5. The first-order chi connectivity index (χ1) is 8.97. The van der Waals surface area contributed by atoms with E-state index in [0.29, 0.717) is 0 Å². The smallest absolute Gasteiger partial charge is 0.144 e. The van der Waals surface area contributed by atoms with Crippen molar-refractivity contribution in [2.24, 2.45) is 10.3 Å². The van der Waals surface area contributed by atoms with Gasteiger partial charge in [0, 0.05) is 6.20 Å². The zero-order valence-corrected chi connectivity index (χ0v) is 12.7. The molecule has 19 heavy (non-hydrogen) atoms. The largest absolute Gasteiger partial charge is 0.591 e. The van der Waals surface area contributed by atoms with Gasteiger partial charge in [0.15, 0.2) is 0 Å². The van der Waals surface area contributed by atoms with E-state index in [-0.39, 0.29) is 4.75 Å². The SMILES string of the molecule is CC(C)(C)[S+]([O-])/N=C(/CCC1CC1)c1ccccn1. The maximum atomic E-state index is 12.2. The van der Waals surface area contributed by atoms with Crippen LogP contribution in [0.3, 0.4) is 0 Å². The highest BCUT2D eigenvalue weighted by molar-refractivity contribution is 7.91. The number of nitrogens with zero attached hydrogens (tertiary/aromatic N) is 2. The van der Waals surface area contributed by atoms with Crippen molar-refractivity contribution in [2.75, 3.05) is 0 Å². The topological polar surface area (TPSA) is 48.3 Å². The van der Waals surface area contributed by atoms with Gasteiger partial charge in [0.05, 0.1) is 5.69 Å². The fourth-order valence-electron chi connectivity index (χ4n) is 1.74. The molecule has 1 unspecified atom stereocenters. The second-order valence-electron chi connectivity index (χ2n) is 6.10. The molecule has 1 aliphatic carbocycles. The van der Waals surface area contributed by atoms with Crippen molar-refractivity contribution in [3.05, 3.63) is 30.1 Å². The summed E-state index contributed by atoms with van der Waals surface area (Å²) in [6, 6.07) is 5.79. The summed E-state index contributed by atoms with van der Waals surface area (Å²) in [5.41, 5.74) is 1.75. The van der Waals surface area contributed by atoms with Crippen molar-refractivity contribution >= 4 is 17.1 Å². The summed E-state index contributed by atoms with van der Waals surface area (Å²) in [7, 11) is 0. The minimum absolute atomic E-state index is 0.320. The van der Waals surface area contributed by atoms with Crippen molar-refractivity contribution in [1.82, 2.24) is 4.98 Å². The van der Waals surface area contributed by atoms with E-state index >= 15 is 0 Å². The third-order valence-corrected chi connectivity index (χ3v) is 4.60. The number of pyridine rings is 1. The van der Waals surface area contributed by atoms with Crippen molar-refractivity contribution in [3.63, 3.8) is 0 Å². The molecule has 104 valence electrons. The highest BCUT2D eigenvalue weighted by Crippen LogP contribution is 2.34. The maximum absolute atomic E-state index is 12.2. The zero-order chi connectivity index (χ0) is 13.9. The standard InChI is InChI=1S/C15H22N2OS/c1-15(2,3)19(18)17-14(10-9-12-7-8-12)13-6-4-5-11-16-13/h4-6,11-12H,7-10H2,1-3H3/b17-14-. The Labute approximate surface area is 118 Å². The second kappa shape index (κ2) is 6.06. The average Bonchev–Trinajstić information content (AvgIpc) is 3.18.